The molecule has 2 atom stereocenters. The highest BCUT2D eigenvalue weighted by molar-refractivity contribution is 6.33. The molecule has 0 bridgehead atoms. The van der Waals surface area contributed by atoms with Gasteiger partial charge in [-0.2, -0.15) is 0 Å². The van der Waals surface area contributed by atoms with Gasteiger partial charge in [-0.1, -0.05) is 23.2 Å². The molecule has 1 N–H and O–H groups in total. The normalized spacial score (nSPS) is 21.8. The number of aliphatic hydroxyl groups is 1. The number of aliphatic hydroxyl groups excluding tert-OH is 1. The molecule has 1 aliphatic heterocycles. The number of anilines is 1. The number of amides is 1. The molecule has 0 aromatic carbocycles. The first-order chi connectivity index (χ1) is 11.1. The monoisotopic (exact) mass is 376 g/mol. The van der Waals surface area contributed by atoms with E-state index >= 15 is 0 Å². The molecular weight excluding hydrogens is 355 g/mol. The highest BCUT2D eigenvalue weighted by Gasteiger charge is 2.37. The standard InChI is InChI=1S/C15H22Cl2N4O3/c1-9-6-21(11-5-12(16)18-19-13(11)17)10(8-22)7-20(9)14(23)24-15(2,3)4/h5,9-10,22H,6-8H2,1-4H3. The van der Waals surface area contributed by atoms with Gasteiger partial charge in [-0.15, -0.1) is 10.2 Å². The molecule has 1 aliphatic rings. The first-order valence-electron chi connectivity index (χ1n) is 7.68. The number of hydrogen-bond donors (Lipinski definition) is 1. The van der Waals surface area contributed by atoms with Gasteiger partial charge in [-0.25, -0.2) is 4.79 Å². The van der Waals surface area contributed by atoms with Crippen molar-refractivity contribution in [2.75, 3.05) is 24.6 Å². The van der Waals surface area contributed by atoms with Crippen molar-refractivity contribution in [1.82, 2.24) is 15.1 Å². The van der Waals surface area contributed by atoms with Crippen molar-refractivity contribution in [3.63, 3.8) is 0 Å². The van der Waals surface area contributed by atoms with Gasteiger partial charge in [0, 0.05) is 25.2 Å². The van der Waals surface area contributed by atoms with Crippen molar-refractivity contribution in [2.45, 2.75) is 45.4 Å². The summed E-state index contributed by atoms with van der Waals surface area (Å²) in [6, 6.07) is 1.13. The van der Waals surface area contributed by atoms with E-state index in [1.54, 1.807) is 11.0 Å². The van der Waals surface area contributed by atoms with Crippen LogP contribution in [0.4, 0.5) is 10.5 Å². The Balaban J connectivity index is 2.22. The van der Waals surface area contributed by atoms with Crippen LogP contribution in [-0.2, 0) is 4.74 Å². The molecule has 24 heavy (non-hydrogen) atoms. The molecule has 1 fully saturated rings. The van der Waals surface area contributed by atoms with Crippen LogP contribution in [0.25, 0.3) is 0 Å². The Hall–Kier alpha value is -1.31. The number of hydrogen-bond acceptors (Lipinski definition) is 6. The van der Waals surface area contributed by atoms with Crippen molar-refractivity contribution < 1.29 is 14.6 Å². The highest BCUT2D eigenvalue weighted by atomic mass is 35.5. The summed E-state index contributed by atoms with van der Waals surface area (Å²) in [5, 5.41) is 17.7. The Bertz CT molecular complexity index is 609. The van der Waals surface area contributed by atoms with E-state index in [2.05, 4.69) is 10.2 Å². The molecule has 2 rings (SSSR count). The molecule has 1 aromatic rings. The lowest BCUT2D eigenvalue weighted by Gasteiger charge is -2.45. The summed E-state index contributed by atoms with van der Waals surface area (Å²) in [4.78, 5) is 15.9. The summed E-state index contributed by atoms with van der Waals surface area (Å²) in [7, 11) is 0. The smallest absolute Gasteiger partial charge is 0.410 e. The van der Waals surface area contributed by atoms with Crippen LogP contribution < -0.4 is 4.90 Å². The number of carbonyl (C=O) groups is 1. The molecule has 1 saturated heterocycles. The summed E-state index contributed by atoms with van der Waals surface area (Å²) in [5.74, 6) is 0. The number of carbonyl (C=O) groups excluding carboxylic acids is 1. The largest absolute Gasteiger partial charge is 0.444 e. The first-order valence-corrected chi connectivity index (χ1v) is 8.44. The molecular formula is C15H22Cl2N4O3. The maximum absolute atomic E-state index is 12.4. The summed E-state index contributed by atoms with van der Waals surface area (Å²) < 4.78 is 5.44. The van der Waals surface area contributed by atoms with Gasteiger partial charge < -0.3 is 19.6 Å². The molecule has 134 valence electrons. The molecule has 0 aliphatic carbocycles. The van der Waals surface area contributed by atoms with Crippen LogP contribution in [-0.4, -0.2) is 63.7 Å². The van der Waals surface area contributed by atoms with E-state index < -0.39 is 11.7 Å². The minimum Gasteiger partial charge on any atom is -0.444 e. The van der Waals surface area contributed by atoms with Crippen LogP contribution in [0.1, 0.15) is 27.7 Å². The molecule has 0 spiro atoms. The van der Waals surface area contributed by atoms with E-state index in [4.69, 9.17) is 27.9 Å². The van der Waals surface area contributed by atoms with Gasteiger partial charge in [-0.3, -0.25) is 0 Å². The Morgan fingerprint density at radius 2 is 2.04 bits per heavy atom. The minimum atomic E-state index is -0.575. The fraction of sp³-hybridized carbons (Fsp3) is 0.667. The van der Waals surface area contributed by atoms with Crippen molar-refractivity contribution in [3.05, 3.63) is 16.4 Å². The fourth-order valence-electron chi connectivity index (χ4n) is 2.61. The summed E-state index contributed by atoms with van der Waals surface area (Å²) in [6.07, 6.45) is -0.398. The molecule has 1 aromatic heterocycles. The average molecular weight is 377 g/mol. The van der Waals surface area contributed by atoms with E-state index in [0.717, 1.165) is 0 Å². The average Bonchev–Trinajstić information content (AvgIpc) is 2.47. The first kappa shape index (κ1) is 19.0. The van der Waals surface area contributed by atoms with Crippen LogP contribution in [0, 0.1) is 0 Å². The second kappa shape index (κ2) is 7.29. The Morgan fingerprint density at radius 3 is 2.62 bits per heavy atom. The molecule has 0 saturated carbocycles. The third-order valence-corrected chi connectivity index (χ3v) is 4.14. The Morgan fingerprint density at radius 1 is 1.38 bits per heavy atom. The van der Waals surface area contributed by atoms with E-state index in [1.165, 1.54) is 0 Å². The molecule has 2 heterocycles. The van der Waals surface area contributed by atoms with Gasteiger partial charge in [0.1, 0.15) is 5.60 Å². The van der Waals surface area contributed by atoms with Gasteiger partial charge >= 0.3 is 6.09 Å². The second-order valence-electron chi connectivity index (χ2n) is 6.81. The lowest BCUT2D eigenvalue weighted by Crippen LogP contribution is -2.61. The Kier molecular flexibility index (Phi) is 5.78. The quantitative estimate of drug-likeness (QED) is 0.854. The maximum atomic E-state index is 12.4. The minimum absolute atomic E-state index is 0.134. The van der Waals surface area contributed by atoms with E-state index in [9.17, 15) is 9.90 Å². The van der Waals surface area contributed by atoms with E-state index in [1.807, 2.05) is 32.6 Å². The second-order valence-corrected chi connectivity index (χ2v) is 7.56. The van der Waals surface area contributed by atoms with Gasteiger partial charge in [0.2, 0.25) is 0 Å². The van der Waals surface area contributed by atoms with Crippen LogP contribution in [0.3, 0.4) is 0 Å². The van der Waals surface area contributed by atoms with Crippen LogP contribution >= 0.6 is 23.2 Å². The molecule has 2 unspecified atom stereocenters. The number of nitrogens with zero attached hydrogens (tertiary/aromatic N) is 4. The van der Waals surface area contributed by atoms with Gasteiger partial charge in [0.15, 0.2) is 10.3 Å². The zero-order chi connectivity index (χ0) is 18.1. The van der Waals surface area contributed by atoms with Gasteiger partial charge in [0.25, 0.3) is 0 Å². The maximum Gasteiger partial charge on any atom is 0.410 e. The van der Waals surface area contributed by atoms with E-state index in [-0.39, 0.29) is 29.0 Å². The van der Waals surface area contributed by atoms with Crippen molar-refractivity contribution in [2.24, 2.45) is 0 Å². The SMILES string of the molecule is CC1CN(c2cc(Cl)nnc2Cl)C(CO)CN1C(=O)OC(C)(C)C. The van der Waals surface area contributed by atoms with Crippen molar-refractivity contribution in [1.29, 1.82) is 0 Å². The Labute approximate surface area is 151 Å². The number of aromatic nitrogens is 2. The lowest BCUT2D eigenvalue weighted by molar-refractivity contribution is 0.0103. The number of piperazine rings is 1. The third-order valence-electron chi connectivity index (χ3n) is 3.69. The highest BCUT2D eigenvalue weighted by Crippen LogP contribution is 2.30. The van der Waals surface area contributed by atoms with Crippen molar-refractivity contribution >= 4 is 35.0 Å². The summed E-state index contributed by atoms with van der Waals surface area (Å²) in [5.41, 5.74) is 0.0144. The summed E-state index contributed by atoms with van der Waals surface area (Å²) >= 11 is 12.0. The van der Waals surface area contributed by atoms with Gasteiger partial charge in [0.05, 0.1) is 18.3 Å². The summed E-state index contributed by atoms with van der Waals surface area (Å²) in [6.45, 7) is 7.99. The predicted molar refractivity (Wildman–Crippen MR) is 92.7 cm³/mol. The van der Waals surface area contributed by atoms with Crippen LogP contribution in [0.15, 0.2) is 6.07 Å². The molecule has 7 nitrogen and oxygen atoms in total. The van der Waals surface area contributed by atoms with E-state index in [0.29, 0.717) is 18.8 Å². The third kappa shape index (κ3) is 4.40. The topological polar surface area (TPSA) is 78.8 Å². The number of ether oxygens (including phenoxy) is 1. The van der Waals surface area contributed by atoms with Crippen LogP contribution in [0.5, 0.6) is 0 Å². The number of rotatable bonds is 2. The fourth-order valence-corrected chi connectivity index (χ4v) is 2.95. The predicted octanol–water partition coefficient (Wildman–Crippen LogP) is 2.59. The lowest BCUT2D eigenvalue weighted by atomic mass is 10.1. The number of halogens is 2. The molecule has 9 heteroatoms. The molecule has 1 amide bonds. The van der Waals surface area contributed by atoms with Crippen LogP contribution in [0.2, 0.25) is 10.3 Å². The zero-order valence-corrected chi connectivity index (χ0v) is 15.7. The van der Waals surface area contributed by atoms with Gasteiger partial charge in [-0.05, 0) is 27.7 Å². The molecule has 0 radical (unpaired) electrons. The van der Waals surface area contributed by atoms with Crippen molar-refractivity contribution in [3.8, 4) is 0 Å². The zero-order valence-electron chi connectivity index (χ0n) is 14.2.